The van der Waals surface area contributed by atoms with Gasteiger partial charge >= 0.3 is 5.97 Å². The molecular weight excluding hydrogens is 540 g/mol. The van der Waals surface area contributed by atoms with Gasteiger partial charge in [-0.1, -0.05) is 62.3 Å². The molecule has 0 aromatic carbocycles. The van der Waals surface area contributed by atoms with Crippen molar-refractivity contribution in [3.63, 3.8) is 0 Å². The van der Waals surface area contributed by atoms with Crippen LogP contribution in [0.3, 0.4) is 0 Å². The van der Waals surface area contributed by atoms with E-state index in [0.717, 1.165) is 32.3 Å². The molecule has 0 saturated carbocycles. The van der Waals surface area contributed by atoms with E-state index in [-0.39, 0.29) is 63.8 Å². The first-order chi connectivity index (χ1) is 19.2. The van der Waals surface area contributed by atoms with Crippen LogP contribution in [0.4, 0.5) is 0 Å². The van der Waals surface area contributed by atoms with Crippen molar-refractivity contribution in [2.24, 2.45) is 28.1 Å². The molecule has 0 rings (SSSR count). The third-order valence-corrected chi connectivity index (χ3v) is 9.76. The van der Waals surface area contributed by atoms with Gasteiger partial charge in [0.05, 0.1) is 48.1 Å². The summed E-state index contributed by atoms with van der Waals surface area (Å²) in [4.78, 5) is 12.8. The highest BCUT2D eigenvalue weighted by atomic mass is 16.6. The van der Waals surface area contributed by atoms with Crippen molar-refractivity contribution >= 4 is 5.97 Å². The molecule has 0 aliphatic rings. The van der Waals surface area contributed by atoms with Gasteiger partial charge in [-0.2, -0.15) is 0 Å². The van der Waals surface area contributed by atoms with E-state index in [4.69, 9.17) is 23.7 Å². The van der Waals surface area contributed by atoms with Gasteiger partial charge in [-0.15, -0.1) is 0 Å². The molecule has 0 bridgehead atoms. The smallest absolute Gasteiger partial charge is 0.309 e. The number of hydrogen-bond acceptors (Lipinski definition) is 6. The fraction of sp³-hybridized carbons (Fsp3) is 0.973. The number of carbonyl (C=O) groups excluding carboxylic acids is 1. The molecule has 6 heteroatoms. The third-order valence-electron chi connectivity index (χ3n) is 9.76. The summed E-state index contributed by atoms with van der Waals surface area (Å²) in [6.07, 6.45) is 3.69. The summed E-state index contributed by atoms with van der Waals surface area (Å²) in [5.74, 6) is 0.200. The van der Waals surface area contributed by atoms with Crippen LogP contribution in [0.1, 0.15) is 150 Å². The molecule has 0 aromatic heterocycles. The second-order valence-corrected chi connectivity index (χ2v) is 17.5. The number of esters is 1. The molecule has 258 valence electrons. The fourth-order valence-corrected chi connectivity index (χ4v) is 5.17. The molecule has 43 heavy (non-hydrogen) atoms. The van der Waals surface area contributed by atoms with Crippen molar-refractivity contribution in [3.8, 4) is 0 Å². The van der Waals surface area contributed by atoms with Crippen molar-refractivity contribution in [2.75, 3.05) is 26.4 Å². The second kappa shape index (κ2) is 16.7. The van der Waals surface area contributed by atoms with Gasteiger partial charge in [0, 0.05) is 6.61 Å². The lowest BCUT2D eigenvalue weighted by atomic mass is 9.72. The first-order valence-electron chi connectivity index (χ1n) is 16.9. The van der Waals surface area contributed by atoms with E-state index in [2.05, 4.69) is 125 Å². The molecule has 6 nitrogen and oxygen atoms in total. The lowest BCUT2D eigenvalue weighted by Gasteiger charge is -2.47. The molecule has 0 spiro atoms. The van der Waals surface area contributed by atoms with Crippen molar-refractivity contribution < 1.29 is 28.5 Å². The van der Waals surface area contributed by atoms with Gasteiger partial charge in [-0.3, -0.25) is 4.79 Å². The van der Waals surface area contributed by atoms with E-state index in [1.807, 2.05) is 0 Å². The van der Waals surface area contributed by atoms with Gasteiger partial charge in [0.25, 0.3) is 0 Å². The van der Waals surface area contributed by atoms with Gasteiger partial charge in [-0.05, 0) is 110 Å². The molecular formula is C37H74O6. The molecule has 2 unspecified atom stereocenters. The van der Waals surface area contributed by atoms with Crippen molar-refractivity contribution in [2.45, 2.75) is 179 Å². The van der Waals surface area contributed by atoms with Crippen molar-refractivity contribution in [3.05, 3.63) is 0 Å². The lowest BCUT2D eigenvalue weighted by molar-refractivity contribution is -0.169. The predicted octanol–water partition coefficient (Wildman–Crippen LogP) is 9.66. The van der Waals surface area contributed by atoms with E-state index in [0.29, 0.717) is 19.1 Å². The van der Waals surface area contributed by atoms with Gasteiger partial charge in [0.1, 0.15) is 6.61 Å². The molecule has 0 aliphatic heterocycles. The molecule has 0 aromatic rings. The number of hydrogen-bond donors (Lipinski definition) is 0. The van der Waals surface area contributed by atoms with E-state index < -0.39 is 0 Å². The van der Waals surface area contributed by atoms with Crippen molar-refractivity contribution in [1.29, 1.82) is 0 Å². The molecule has 0 radical (unpaired) electrons. The first-order valence-corrected chi connectivity index (χ1v) is 16.9. The topological polar surface area (TPSA) is 63.2 Å². The number of rotatable bonds is 21. The Morgan fingerprint density at radius 1 is 0.628 bits per heavy atom. The average Bonchev–Trinajstić information content (AvgIpc) is 2.77. The Morgan fingerprint density at radius 2 is 1.19 bits per heavy atom. The molecule has 0 heterocycles. The molecule has 0 amide bonds. The van der Waals surface area contributed by atoms with Crippen LogP contribution in [0.2, 0.25) is 0 Å². The van der Waals surface area contributed by atoms with Gasteiger partial charge in [0.15, 0.2) is 0 Å². The summed E-state index contributed by atoms with van der Waals surface area (Å²) in [6.45, 7) is 40.8. The van der Waals surface area contributed by atoms with Gasteiger partial charge in [0.2, 0.25) is 0 Å². The minimum atomic E-state index is -0.390. The Hall–Kier alpha value is -0.690. The average molecular weight is 615 g/mol. The molecule has 2 atom stereocenters. The molecule has 0 aliphatic carbocycles. The zero-order valence-corrected chi connectivity index (χ0v) is 31.9. The maximum atomic E-state index is 12.8. The SMILES string of the molecule is CC(C)CC(C(=O)OCCOC(C)(C)CCOC(C)(C)C(C)(C)CC(C)OC(C)(C)C(C)(C)CCOC(C)C)C(C)(C)C. The van der Waals surface area contributed by atoms with Crippen molar-refractivity contribution in [1.82, 2.24) is 0 Å². The van der Waals surface area contributed by atoms with Gasteiger partial charge < -0.3 is 23.7 Å². The Kier molecular flexibility index (Phi) is 16.5. The van der Waals surface area contributed by atoms with Crippen LogP contribution in [0.25, 0.3) is 0 Å². The van der Waals surface area contributed by atoms with Crippen LogP contribution in [-0.2, 0) is 28.5 Å². The van der Waals surface area contributed by atoms with Crippen LogP contribution >= 0.6 is 0 Å². The Balaban J connectivity index is 4.87. The highest BCUT2D eigenvalue weighted by molar-refractivity contribution is 5.73. The fourth-order valence-electron chi connectivity index (χ4n) is 5.17. The summed E-state index contributed by atoms with van der Waals surface area (Å²) in [5, 5.41) is 0. The Morgan fingerprint density at radius 3 is 1.67 bits per heavy atom. The predicted molar refractivity (Wildman–Crippen MR) is 181 cm³/mol. The zero-order chi connectivity index (χ0) is 34.1. The van der Waals surface area contributed by atoms with E-state index in [1.54, 1.807) is 0 Å². The van der Waals surface area contributed by atoms with Crippen LogP contribution < -0.4 is 0 Å². The maximum Gasteiger partial charge on any atom is 0.309 e. The second-order valence-electron chi connectivity index (χ2n) is 17.5. The Bertz CT molecular complexity index is 800. The Labute approximate surface area is 268 Å². The molecule has 0 N–H and O–H groups in total. The largest absolute Gasteiger partial charge is 0.463 e. The third kappa shape index (κ3) is 15.4. The van der Waals surface area contributed by atoms with E-state index >= 15 is 0 Å². The molecule has 0 fully saturated rings. The van der Waals surface area contributed by atoms with E-state index in [1.165, 1.54) is 0 Å². The molecule has 0 saturated heterocycles. The first kappa shape index (κ1) is 42.3. The van der Waals surface area contributed by atoms with Crippen LogP contribution in [0.5, 0.6) is 0 Å². The maximum absolute atomic E-state index is 12.8. The van der Waals surface area contributed by atoms with Crippen LogP contribution in [0, 0.1) is 28.1 Å². The summed E-state index contributed by atoms with van der Waals surface area (Å²) in [5.41, 5.74) is -1.33. The highest BCUT2D eigenvalue weighted by Crippen LogP contribution is 2.43. The zero-order valence-electron chi connectivity index (χ0n) is 31.9. The van der Waals surface area contributed by atoms with Crippen LogP contribution in [-0.4, -0.2) is 61.4 Å². The van der Waals surface area contributed by atoms with E-state index in [9.17, 15) is 4.79 Å². The summed E-state index contributed by atoms with van der Waals surface area (Å²) in [7, 11) is 0. The van der Waals surface area contributed by atoms with Gasteiger partial charge in [-0.25, -0.2) is 0 Å². The number of carbonyl (C=O) groups is 1. The highest BCUT2D eigenvalue weighted by Gasteiger charge is 2.43. The standard InChI is InChI=1S/C37H74O6/c1-27(2)25-30(32(6,7)8)31(38)40-23-24-41-35(13,14)20-22-42-36(15,16)34(11,12)26-29(5)43-37(17,18)33(9,10)19-21-39-28(3)4/h27-30H,19-26H2,1-18H3. The number of ether oxygens (including phenoxy) is 5. The van der Waals surface area contributed by atoms with Crippen LogP contribution in [0.15, 0.2) is 0 Å². The summed E-state index contributed by atoms with van der Waals surface area (Å²) >= 11 is 0. The summed E-state index contributed by atoms with van der Waals surface area (Å²) in [6, 6.07) is 0. The monoisotopic (exact) mass is 615 g/mol. The minimum Gasteiger partial charge on any atom is -0.463 e. The normalized spacial score (nSPS) is 15.7. The minimum absolute atomic E-state index is 0.0292. The summed E-state index contributed by atoms with van der Waals surface area (Å²) < 4.78 is 30.8. The quantitative estimate of drug-likeness (QED) is 0.0947. The lowest BCUT2D eigenvalue weighted by Crippen LogP contribution is -2.48.